The van der Waals surface area contributed by atoms with Gasteiger partial charge >= 0.3 is 5.97 Å². The fourth-order valence-corrected chi connectivity index (χ4v) is 1.66. The van der Waals surface area contributed by atoms with E-state index in [-0.39, 0.29) is 0 Å². The summed E-state index contributed by atoms with van der Waals surface area (Å²) in [6.07, 6.45) is 3.72. The van der Waals surface area contributed by atoms with Crippen LogP contribution in [0.1, 0.15) is 39.5 Å². The number of rotatable bonds is 2. The molecule has 1 aromatic rings. The van der Waals surface area contributed by atoms with E-state index >= 15 is 0 Å². The summed E-state index contributed by atoms with van der Waals surface area (Å²) < 4.78 is 0. The molecule has 0 saturated carbocycles. The number of carbonyl (C=O) groups is 1. The molecule has 0 amide bonds. The Labute approximate surface area is 90.3 Å². The van der Waals surface area contributed by atoms with Crippen LogP contribution in [0.2, 0.25) is 0 Å². The predicted octanol–water partition coefficient (Wildman–Crippen LogP) is 3.34. The predicted molar refractivity (Wildman–Crippen MR) is 62.3 cm³/mol. The summed E-state index contributed by atoms with van der Waals surface area (Å²) in [6.45, 7) is 7.81. The number of hydrogen-bond donors (Lipinski definition) is 1. The fraction of sp³-hybridized carbons (Fsp3) is 0.308. The second-order valence-electron chi connectivity index (χ2n) is 3.71. The second-order valence-corrected chi connectivity index (χ2v) is 3.71. The second kappa shape index (κ2) is 4.30. The molecule has 0 heterocycles. The minimum atomic E-state index is -0.866. The highest BCUT2D eigenvalue weighted by Crippen LogP contribution is 2.23. The topological polar surface area (TPSA) is 37.3 Å². The molecular weight excluding hydrogens is 188 g/mol. The molecule has 80 valence electrons. The van der Waals surface area contributed by atoms with Crippen molar-refractivity contribution >= 4 is 12.0 Å². The zero-order valence-corrected chi connectivity index (χ0v) is 9.59. The van der Waals surface area contributed by atoms with Gasteiger partial charge in [0.1, 0.15) is 0 Å². The number of aromatic carboxylic acids is 1. The molecule has 1 rings (SSSR count). The summed E-state index contributed by atoms with van der Waals surface area (Å²) in [7, 11) is 0. The molecule has 0 aliphatic rings. The lowest BCUT2D eigenvalue weighted by atomic mass is 9.93. The summed E-state index contributed by atoms with van der Waals surface area (Å²) in [5, 5.41) is 9.10. The lowest BCUT2D eigenvalue weighted by Crippen LogP contribution is -2.04. The van der Waals surface area contributed by atoms with E-state index in [9.17, 15) is 4.79 Å². The first-order valence-electron chi connectivity index (χ1n) is 4.95. The van der Waals surface area contributed by atoms with Gasteiger partial charge in [0.05, 0.1) is 5.56 Å². The normalized spacial score (nSPS) is 10.9. The maximum Gasteiger partial charge on any atom is 0.336 e. The third-order valence-corrected chi connectivity index (χ3v) is 2.77. The number of aryl methyl sites for hydroxylation is 1. The Morgan fingerprint density at radius 1 is 1.27 bits per heavy atom. The van der Waals surface area contributed by atoms with E-state index in [1.807, 2.05) is 39.8 Å². The summed E-state index contributed by atoms with van der Waals surface area (Å²) in [5.41, 5.74) is 4.43. The van der Waals surface area contributed by atoms with Crippen molar-refractivity contribution in [2.75, 3.05) is 0 Å². The molecule has 0 unspecified atom stereocenters. The van der Waals surface area contributed by atoms with Crippen molar-refractivity contribution in [3.63, 3.8) is 0 Å². The number of hydrogen-bond acceptors (Lipinski definition) is 1. The molecule has 0 fully saturated rings. The van der Waals surface area contributed by atoms with Crippen LogP contribution in [0.3, 0.4) is 0 Å². The smallest absolute Gasteiger partial charge is 0.336 e. The largest absolute Gasteiger partial charge is 0.478 e. The van der Waals surface area contributed by atoms with Crippen LogP contribution in [0.5, 0.6) is 0 Å². The molecule has 0 saturated heterocycles. The van der Waals surface area contributed by atoms with Crippen LogP contribution in [-0.2, 0) is 0 Å². The highest BCUT2D eigenvalue weighted by atomic mass is 16.4. The van der Waals surface area contributed by atoms with E-state index in [0.717, 1.165) is 22.3 Å². The third kappa shape index (κ3) is 2.09. The molecule has 0 aliphatic carbocycles. The Morgan fingerprint density at radius 3 is 2.33 bits per heavy atom. The Morgan fingerprint density at radius 2 is 1.87 bits per heavy atom. The van der Waals surface area contributed by atoms with Gasteiger partial charge in [-0.3, -0.25) is 0 Å². The maximum atomic E-state index is 11.1. The van der Waals surface area contributed by atoms with Crippen LogP contribution in [0.25, 0.3) is 6.08 Å². The van der Waals surface area contributed by atoms with Crippen LogP contribution >= 0.6 is 0 Å². The standard InChI is InChI=1S/C13H16O2/c1-5-6-11-10(4)9(3)8(2)7-12(11)13(14)15/h5-7H,1-4H3,(H,14,15). The van der Waals surface area contributed by atoms with Crippen molar-refractivity contribution in [1.82, 2.24) is 0 Å². The quantitative estimate of drug-likeness (QED) is 0.802. The van der Waals surface area contributed by atoms with Crippen LogP contribution in [-0.4, -0.2) is 11.1 Å². The van der Waals surface area contributed by atoms with E-state index in [0.29, 0.717) is 5.56 Å². The number of allylic oxidation sites excluding steroid dienone is 1. The van der Waals surface area contributed by atoms with Crippen molar-refractivity contribution < 1.29 is 9.90 Å². The molecule has 0 spiro atoms. The van der Waals surface area contributed by atoms with Crippen LogP contribution in [0, 0.1) is 20.8 Å². The number of benzene rings is 1. The van der Waals surface area contributed by atoms with E-state index in [4.69, 9.17) is 5.11 Å². The van der Waals surface area contributed by atoms with Crippen molar-refractivity contribution in [3.05, 3.63) is 40.0 Å². The molecular formula is C13H16O2. The zero-order valence-electron chi connectivity index (χ0n) is 9.59. The molecule has 1 N–H and O–H groups in total. The summed E-state index contributed by atoms with van der Waals surface area (Å²) in [5.74, 6) is -0.866. The van der Waals surface area contributed by atoms with Crippen LogP contribution < -0.4 is 0 Å². The molecule has 15 heavy (non-hydrogen) atoms. The van der Waals surface area contributed by atoms with Crippen LogP contribution in [0.15, 0.2) is 12.1 Å². The van der Waals surface area contributed by atoms with Gasteiger partial charge in [0.25, 0.3) is 0 Å². The zero-order chi connectivity index (χ0) is 11.6. The molecule has 2 heteroatoms. The van der Waals surface area contributed by atoms with E-state index in [2.05, 4.69) is 0 Å². The van der Waals surface area contributed by atoms with E-state index < -0.39 is 5.97 Å². The van der Waals surface area contributed by atoms with Gasteiger partial charge in [0.15, 0.2) is 0 Å². The molecule has 0 aliphatic heterocycles. The molecule has 0 atom stereocenters. The van der Waals surface area contributed by atoms with Gasteiger partial charge in [-0.15, -0.1) is 0 Å². The van der Waals surface area contributed by atoms with Crippen molar-refractivity contribution in [3.8, 4) is 0 Å². The number of carboxylic acids is 1. The van der Waals surface area contributed by atoms with Gasteiger partial charge in [-0.1, -0.05) is 12.2 Å². The maximum absolute atomic E-state index is 11.1. The first-order chi connectivity index (χ1) is 6.99. The van der Waals surface area contributed by atoms with Crippen molar-refractivity contribution in [2.45, 2.75) is 27.7 Å². The Hall–Kier alpha value is -1.57. The SMILES string of the molecule is CC=Cc1c(C(=O)O)cc(C)c(C)c1C. The molecule has 1 aromatic carbocycles. The minimum Gasteiger partial charge on any atom is -0.478 e. The van der Waals surface area contributed by atoms with Gasteiger partial charge < -0.3 is 5.11 Å². The Kier molecular flexibility index (Phi) is 3.30. The summed E-state index contributed by atoms with van der Waals surface area (Å²) in [4.78, 5) is 11.1. The van der Waals surface area contributed by atoms with Gasteiger partial charge in [-0.25, -0.2) is 4.79 Å². The minimum absolute atomic E-state index is 0.383. The monoisotopic (exact) mass is 204 g/mol. The Balaban J connectivity index is 3.57. The average Bonchev–Trinajstić information content (AvgIpc) is 2.18. The fourth-order valence-electron chi connectivity index (χ4n) is 1.66. The lowest BCUT2D eigenvalue weighted by molar-refractivity contribution is 0.0696. The van der Waals surface area contributed by atoms with Crippen molar-refractivity contribution in [2.24, 2.45) is 0 Å². The highest BCUT2D eigenvalue weighted by molar-refractivity contribution is 5.93. The lowest BCUT2D eigenvalue weighted by Gasteiger charge is -2.11. The van der Waals surface area contributed by atoms with Crippen LogP contribution in [0.4, 0.5) is 0 Å². The van der Waals surface area contributed by atoms with Gasteiger partial charge in [-0.05, 0) is 56.0 Å². The summed E-state index contributed by atoms with van der Waals surface area (Å²) >= 11 is 0. The average molecular weight is 204 g/mol. The molecule has 2 nitrogen and oxygen atoms in total. The Bertz CT molecular complexity index is 429. The molecule has 0 radical (unpaired) electrons. The van der Waals surface area contributed by atoms with Gasteiger partial charge in [0, 0.05) is 0 Å². The first kappa shape index (κ1) is 11.5. The first-order valence-corrected chi connectivity index (χ1v) is 4.95. The summed E-state index contributed by atoms with van der Waals surface area (Å²) in [6, 6.07) is 1.74. The third-order valence-electron chi connectivity index (χ3n) is 2.77. The highest BCUT2D eigenvalue weighted by Gasteiger charge is 2.13. The molecule has 0 aromatic heterocycles. The van der Waals surface area contributed by atoms with E-state index in [1.54, 1.807) is 6.07 Å². The van der Waals surface area contributed by atoms with Crippen molar-refractivity contribution in [1.29, 1.82) is 0 Å². The number of carboxylic acid groups (broad SMARTS) is 1. The van der Waals surface area contributed by atoms with E-state index in [1.165, 1.54) is 0 Å². The molecule has 0 bridgehead atoms. The van der Waals surface area contributed by atoms with Gasteiger partial charge in [0.2, 0.25) is 0 Å². The van der Waals surface area contributed by atoms with Gasteiger partial charge in [-0.2, -0.15) is 0 Å².